The molecule has 2 amide bonds. The van der Waals surface area contributed by atoms with E-state index >= 15 is 0 Å². The molecule has 7 heteroatoms. The van der Waals surface area contributed by atoms with E-state index in [0.29, 0.717) is 0 Å². The van der Waals surface area contributed by atoms with Crippen molar-refractivity contribution in [3.05, 3.63) is 0 Å². The number of amides is 2. The highest BCUT2D eigenvalue weighted by Gasteiger charge is 2.17. The largest absolute Gasteiger partial charge is 0.443 e. The summed E-state index contributed by atoms with van der Waals surface area (Å²) in [6.07, 6.45) is -0.669. The monoisotopic (exact) mass is 242 g/mol. The smallest absolute Gasteiger partial charge is 0.422 e. The fourth-order valence-corrected chi connectivity index (χ4v) is 0.816. The molecule has 0 fully saturated rings. The third-order valence-corrected chi connectivity index (χ3v) is 1.52. The third-order valence-electron chi connectivity index (χ3n) is 1.52. The fraction of sp³-hybridized carbons (Fsp3) is 0.700. The molecule has 0 heterocycles. The summed E-state index contributed by atoms with van der Waals surface area (Å²) in [6.45, 7) is 6.67. The van der Waals surface area contributed by atoms with Gasteiger partial charge in [0.2, 0.25) is 5.91 Å². The van der Waals surface area contributed by atoms with Crippen LogP contribution in [0.5, 0.6) is 0 Å². The summed E-state index contributed by atoms with van der Waals surface area (Å²) >= 11 is 0. The Morgan fingerprint density at radius 2 is 2.00 bits per heavy atom. The minimum Gasteiger partial charge on any atom is -0.443 e. The van der Waals surface area contributed by atoms with Crippen LogP contribution in [0.1, 0.15) is 27.7 Å². The van der Waals surface area contributed by atoms with Crippen molar-refractivity contribution in [1.82, 2.24) is 16.2 Å². The molecule has 0 saturated heterocycles. The zero-order valence-electron chi connectivity index (χ0n) is 10.5. The van der Waals surface area contributed by atoms with Gasteiger partial charge in [0.05, 0.1) is 6.07 Å². The van der Waals surface area contributed by atoms with Gasteiger partial charge in [-0.05, 0) is 27.7 Å². The molecule has 0 aromatic rings. The number of nitrogens with zero attached hydrogens (tertiary/aromatic N) is 1. The zero-order valence-corrected chi connectivity index (χ0v) is 10.5. The fourth-order valence-electron chi connectivity index (χ4n) is 0.816. The standard InChI is InChI=1S/C10H18N4O3/c1-7(8(15)12-6-5-11)13-14-9(16)17-10(2,3)4/h7,13H,6H2,1-4H3,(H,12,15)(H,14,16)/t7-/m0/s1. The first-order valence-electron chi connectivity index (χ1n) is 5.15. The molecule has 0 aliphatic heterocycles. The average molecular weight is 242 g/mol. The van der Waals surface area contributed by atoms with Crippen LogP contribution in [0.4, 0.5) is 4.79 Å². The van der Waals surface area contributed by atoms with Crippen LogP contribution in [0.3, 0.4) is 0 Å². The van der Waals surface area contributed by atoms with Crippen LogP contribution in [-0.4, -0.2) is 30.2 Å². The Kier molecular flexibility index (Phi) is 5.99. The zero-order chi connectivity index (χ0) is 13.5. The van der Waals surface area contributed by atoms with Crippen LogP contribution in [0.2, 0.25) is 0 Å². The van der Waals surface area contributed by atoms with Gasteiger partial charge in [-0.2, -0.15) is 5.26 Å². The lowest BCUT2D eigenvalue weighted by atomic mass is 10.2. The van der Waals surface area contributed by atoms with E-state index in [-0.39, 0.29) is 12.5 Å². The highest BCUT2D eigenvalue weighted by atomic mass is 16.6. The first kappa shape index (κ1) is 15.2. The van der Waals surface area contributed by atoms with Crippen molar-refractivity contribution >= 4 is 12.0 Å². The molecule has 0 spiro atoms. The number of carbonyl (C=O) groups excluding carboxylic acids is 2. The van der Waals surface area contributed by atoms with Crippen molar-refractivity contribution in [2.45, 2.75) is 39.3 Å². The van der Waals surface area contributed by atoms with E-state index in [1.54, 1.807) is 33.8 Å². The maximum absolute atomic E-state index is 11.3. The van der Waals surface area contributed by atoms with Crippen molar-refractivity contribution in [3.8, 4) is 6.07 Å². The number of nitriles is 1. The van der Waals surface area contributed by atoms with E-state index in [1.807, 2.05) is 0 Å². The molecule has 3 N–H and O–H groups in total. The van der Waals surface area contributed by atoms with Crippen LogP contribution >= 0.6 is 0 Å². The van der Waals surface area contributed by atoms with Gasteiger partial charge in [-0.15, -0.1) is 0 Å². The molecule has 0 aliphatic rings. The summed E-state index contributed by atoms with van der Waals surface area (Å²) in [6, 6.07) is 1.12. The number of ether oxygens (including phenoxy) is 1. The molecule has 0 unspecified atom stereocenters. The minimum absolute atomic E-state index is 0.0721. The van der Waals surface area contributed by atoms with Gasteiger partial charge in [0, 0.05) is 0 Å². The summed E-state index contributed by atoms with van der Waals surface area (Å²) in [5, 5.41) is 10.6. The molecule has 1 atom stereocenters. The maximum Gasteiger partial charge on any atom is 0.422 e. The minimum atomic E-state index is -0.669. The second kappa shape index (κ2) is 6.70. The quantitative estimate of drug-likeness (QED) is 0.477. The van der Waals surface area contributed by atoms with Crippen LogP contribution in [0, 0.1) is 11.3 Å². The molecule has 17 heavy (non-hydrogen) atoms. The van der Waals surface area contributed by atoms with Gasteiger partial charge in [-0.25, -0.2) is 10.2 Å². The number of nitrogens with one attached hydrogen (secondary N) is 3. The summed E-state index contributed by atoms with van der Waals surface area (Å²) < 4.78 is 4.95. The number of hydrogen-bond acceptors (Lipinski definition) is 5. The normalized spacial score (nSPS) is 12.2. The molecule has 0 rings (SSSR count). The molecule has 0 aliphatic carbocycles. The topological polar surface area (TPSA) is 103 Å². The average Bonchev–Trinajstić information content (AvgIpc) is 2.20. The van der Waals surface area contributed by atoms with Gasteiger partial charge >= 0.3 is 6.09 Å². The van der Waals surface area contributed by atoms with Crippen LogP contribution in [0.25, 0.3) is 0 Å². The lowest BCUT2D eigenvalue weighted by Crippen LogP contribution is -2.51. The summed E-state index contributed by atoms with van der Waals surface area (Å²) in [5.41, 5.74) is 4.11. The summed E-state index contributed by atoms with van der Waals surface area (Å²) in [4.78, 5) is 22.5. The number of hydrazine groups is 1. The maximum atomic E-state index is 11.3. The second-order valence-electron chi connectivity index (χ2n) is 4.37. The first-order valence-corrected chi connectivity index (χ1v) is 5.15. The van der Waals surface area contributed by atoms with E-state index < -0.39 is 17.7 Å². The number of hydrogen-bond donors (Lipinski definition) is 3. The molecular weight excluding hydrogens is 224 g/mol. The van der Waals surface area contributed by atoms with Gasteiger partial charge in [0.15, 0.2) is 0 Å². The van der Waals surface area contributed by atoms with Crippen molar-refractivity contribution < 1.29 is 14.3 Å². The Bertz CT molecular complexity index is 316. The predicted molar refractivity (Wildman–Crippen MR) is 60.6 cm³/mol. The highest BCUT2D eigenvalue weighted by Crippen LogP contribution is 2.05. The Morgan fingerprint density at radius 3 is 2.47 bits per heavy atom. The van der Waals surface area contributed by atoms with Crippen molar-refractivity contribution in [2.24, 2.45) is 0 Å². The van der Waals surface area contributed by atoms with Gasteiger partial charge in [0.1, 0.15) is 18.2 Å². The van der Waals surface area contributed by atoms with Gasteiger partial charge in [-0.3, -0.25) is 10.2 Å². The molecule has 0 saturated carbocycles. The van der Waals surface area contributed by atoms with Gasteiger partial charge in [0.25, 0.3) is 0 Å². The second-order valence-corrected chi connectivity index (χ2v) is 4.37. The molecule has 7 nitrogen and oxygen atoms in total. The number of carbonyl (C=O) groups is 2. The van der Waals surface area contributed by atoms with E-state index in [4.69, 9.17) is 10.00 Å². The van der Waals surface area contributed by atoms with E-state index in [1.165, 1.54) is 0 Å². The van der Waals surface area contributed by atoms with E-state index in [9.17, 15) is 9.59 Å². The lowest BCUT2D eigenvalue weighted by molar-refractivity contribution is -0.122. The summed E-state index contributed by atoms with van der Waals surface area (Å²) in [5.74, 6) is -0.386. The van der Waals surface area contributed by atoms with Crippen LogP contribution < -0.4 is 16.2 Å². The van der Waals surface area contributed by atoms with Crippen molar-refractivity contribution in [2.75, 3.05) is 6.54 Å². The number of rotatable bonds is 4. The van der Waals surface area contributed by atoms with Crippen molar-refractivity contribution in [3.63, 3.8) is 0 Å². The molecular formula is C10H18N4O3. The summed E-state index contributed by atoms with van der Waals surface area (Å²) in [7, 11) is 0. The predicted octanol–water partition coefficient (Wildman–Crippen LogP) is 0.0440. The molecule has 0 aromatic heterocycles. The van der Waals surface area contributed by atoms with E-state index in [0.717, 1.165) is 0 Å². The Hall–Kier alpha value is -1.81. The molecule has 0 aromatic carbocycles. The molecule has 96 valence electrons. The lowest BCUT2D eigenvalue weighted by Gasteiger charge is -2.21. The SMILES string of the molecule is C[C@H](NNC(=O)OC(C)(C)C)C(=O)NCC#N. The Labute approximate surface area is 100 Å². The Morgan fingerprint density at radius 1 is 1.41 bits per heavy atom. The van der Waals surface area contributed by atoms with Gasteiger partial charge in [-0.1, -0.05) is 0 Å². The van der Waals surface area contributed by atoms with Crippen LogP contribution in [0.15, 0.2) is 0 Å². The van der Waals surface area contributed by atoms with Crippen LogP contribution in [-0.2, 0) is 9.53 Å². The first-order chi connectivity index (χ1) is 7.76. The molecule has 0 bridgehead atoms. The third kappa shape index (κ3) is 8.04. The van der Waals surface area contributed by atoms with Gasteiger partial charge < -0.3 is 10.1 Å². The van der Waals surface area contributed by atoms with Crippen molar-refractivity contribution in [1.29, 1.82) is 5.26 Å². The Balaban J connectivity index is 3.92. The van der Waals surface area contributed by atoms with E-state index in [2.05, 4.69) is 16.2 Å². The molecule has 0 radical (unpaired) electrons. The highest BCUT2D eigenvalue weighted by molar-refractivity contribution is 5.81.